The standard InChI is InChI=1S/C8H17N3Si/c1-4-12(5-2,6-3)11-8-7-9-10-11/h7-8H,4-6H2,1-3H3. The van der Waals surface area contributed by atoms with Gasteiger partial charge in [0.1, 0.15) is 0 Å². The Bertz CT molecular complexity index is 208. The molecule has 0 bridgehead atoms. The molecule has 68 valence electrons. The predicted molar refractivity (Wildman–Crippen MR) is 52.6 cm³/mol. The summed E-state index contributed by atoms with van der Waals surface area (Å²) >= 11 is 0. The van der Waals surface area contributed by atoms with E-state index in [1.54, 1.807) is 6.20 Å². The van der Waals surface area contributed by atoms with Gasteiger partial charge in [-0.1, -0.05) is 26.0 Å². The number of hydrogen-bond donors (Lipinski definition) is 0. The van der Waals surface area contributed by atoms with Crippen molar-refractivity contribution in [1.29, 1.82) is 0 Å². The highest BCUT2D eigenvalue weighted by Crippen LogP contribution is 2.20. The normalized spacial score (nSPS) is 11.9. The molecule has 1 heterocycles. The average molecular weight is 183 g/mol. The first-order chi connectivity index (χ1) is 5.79. The third kappa shape index (κ3) is 1.43. The Hall–Kier alpha value is -0.643. The van der Waals surface area contributed by atoms with Crippen LogP contribution in [0.3, 0.4) is 0 Å². The molecule has 0 unspecified atom stereocenters. The Labute approximate surface area is 74.9 Å². The van der Waals surface area contributed by atoms with E-state index in [4.69, 9.17) is 0 Å². The molecule has 1 rings (SSSR count). The Balaban J connectivity index is 2.93. The molecule has 0 aliphatic rings. The SMILES string of the molecule is CC[Si](CC)(CC)n1ccnn1. The first-order valence-electron chi connectivity index (χ1n) is 4.66. The lowest BCUT2D eigenvalue weighted by molar-refractivity contribution is 0.811. The maximum atomic E-state index is 4.13. The van der Waals surface area contributed by atoms with Crippen LogP contribution in [0.5, 0.6) is 0 Å². The summed E-state index contributed by atoms with van der Waals surface area (Å²) in [5.41, 5.74) is 0. The summed E-state index contributed by atoms with van der Waals surface area (Å²) in [5, 5.41) is 8.01. The van der Waals surface area contributed by atoms with Crippen LogP contribution in [0.1, 0.15) is 20.8 Å². The largest absolute Gasteiger partial charge is 0.282 e. The zero-order valence-corrected chi connectivity index (χ0v) is 9.12. The summed E-state index contributed by atoms with van der Waals surface area (Å²) in [6.07, 6.45) is 3.80. The third-order valence-electron chi connectivity index (χ3n) is 2.88. The molecule has 0 atom stereocenters. The summed E-state index contributed by atoms with van der Waals surface area (Å²) in [6, 6.07) is 3.76. The topological polar surface area (TPSA) is 30.7 Å². The minimum absolute atomic E-state index is 1.25. The van der Waals surface area contributed by atoms with Crippen molar-refractivity contribution in [3.63, 3.8) is 0 Å². The maximum absolute atomic E-state index is 4.13. The zero-order valence-electron chi connectivity index (χ0n) is 8.12. The smallest absolute Gasteiger partial charge is 0.186 e. The molecule has 0 aliphatic carbocycles. The first-order valence-corrected chi connectivity index (χ1v) is 7.22. The minimum atomic E-state index is -1.30. The maximum Gasteiger partial charge on any atom is 0.186 e. The van der Waals surface area contributed by atoms with Crippen molar-refractivity contribution in [3.05, 3.63) is 12.4 Å². The van der Waals surface area contributed by atoms with Gasteiger partial charge >= 0.3 is 0 Å². The van der Waals surface area contributed by atoms with Gasteiger partial charge in [0.05, 0.1) is 6.20 Å². The van der Waals surface area contributed by atoms with Crippen LogP contribution in [0.2, 0.25) is 18.1 Å². The lowest BCUT2D eigenvalue weighted by Gasteiger charge is -2.26. The first kappa shape index (κ1) is 9.44. The van der Waals surface area contributed by atoms with Crippen LogP contribution in [0.25, 0.3) is 0 Å². The zero-order chi connectivity index (χ0) is 9.03. The molecule has 0 spiro atoms. The Morgan fingerprint density at radius 2 is 1.75 bits per heavy atom. The molecule has 0 N–H and O–H groups in total. The fourth-order valence-electron chi connectivity index (χ4n) is 1.70. The van der Waals surface area contributed by atoms with Gasteiger partial charge in [0.2, 0.25) is 0 Å². The van der Waals surface area contributed by atoms with Crippen LogP contribution >= 0.6 is 0 Å². The number of nitrogens with zero attached hydrogens (tertiary/aromatic N) is 3. The van der Waals surface area contributed by atoms with E-state index in [1.807, 2.05) is 6.20 Å². The lowest BCUT2D eigenvalue weighted by atomic mass is 10.9. The fourth-order valence-corrected chi connectivity index (χ4v) is 4.79. The molecular formula is C8H17N3Si. The molecule has 0 saturated carbocycles. The molecule has 1 aromatic rings. The van der Waals surface area contributed by atoms with Crippen molar-refractivity contribution in [2.75, 3.05) is 0 Å². The summed E-state index contributed by atoms with van der Waals surface area (Å²) in [6.45, 7) is 6.79. The molecule has 0 aliphatic heterocycles. The molecule has 0 amide bonds. The Kier molecular flexibility index (Phi) is 3.03. The van der Waals surface area contributed by atoms with E-state index in [-0.39, 0.29) is 0 Å². The van der Waals surface area contributed by atoms with Gasteiger partial charge in [0, 0.05) is 6.20 Å². The van der Waals surface area contributed by atoms with Crippen molar-refractivity contribution in [3.8, 4) is 0 Å². The highest BCUT2D eigenvalue weighted by molar-refractivity contribution is 6.77. The van der Waals surface area contributed by atoms with Crippen molar-refractivity contribution in [1.82, 2.24) is 14.7 Å². The van der Waals surface area contributed by atoms with Gasteiger partial charge in [-0.2, -0.15) is 0 Å². The van der Waals surface area contributed by atoms with Gasteiger partial charge in [-0.25, -0.2) is 0 Å². The van der Waals surface area contributed by atoms with Crippen molar-refractivity contribution >= 4 is 8.24 Å². The second-order valence-corrected chi connectivity index (χ2v) is 8.16. The van der Waals surface area contributed by atoms with E-state index in [0.717, 1.165) is 0 Å². The second kappa shape index (κ2) is 3.84. The van der Waals surface area contributed by atoms with E-state index in [2.05, 4.69) is 35.4 Å². The summed E-state index contributed by atoms with van der Waals surface area (Å²) in [7, 11) is -1.30. The quantitative estimate of drug-likeness (QED) is 0.670. The fraction of sp³-hybridized carbons (Fsp3) is 0.750. The Morgan fingerprint density at radius 3 is 2.08 bits per heavy atom. The molecule has 0 radical (unpaired) electrons. The number of aromatic nitrogens is 3. The van der Waals surface area contributed by atoms with Crippen LogP contribution in [-0.4, -0.2) is 22.9 Å². The van der Waals surface area contributed by atoms with Gasteiger partial charge in [-0.15, -0.1) is 5.10 Å². The van der Waals surface area contributed by atoms with Crippen LogP contribution in [0.15, 0.2) is 12.4 Å². The van der Waals surface area contributed by atoms with Crippen LogP contribution in [0, 0.1) is 0 Å². The van der Waals surface area contributed by atoms with E-state index in [0.29, 0.717) is 0 Å². The molecule has 12 heavy (non-hydrogen) atoms. The summed E-state index contributed by atoms with van der Waals surface area (Å²) < 4.78 is 2.13. The number of rotatable bonds is 4. The lowest BCUT2D eigenvalue weighted by Crippen LogP contribution is -2.41. The van der Waals surface area contributed by atoms with Crippen LogP contribution < -0.4 is 0 Å². The molecular weight excluding hydrogens is 166 g/mol. The van der Waals surface area contributed by atoms with Crippen molar-refractivity contribution in [2.24, 2.45) is 0 Å². The van der Waals surface area contributed by atoms with Gasteiger partial charge in [0.15, 0.2) is 8.24 Å². The van der Waals surface area contributed by atoms with Gasteiger partial charge in [0.25, 0.3) is 0 Å². The van der Waals surface area contributed by atoms with Crippen molar-refractivity contribution in [2.45, 2.75) is 38.9 Å². The monoisotopic (exact) mass is 183 g/mol. The van der Waals surface area contributed by atoms with Gasteiger partial charge < -0.3 is 0 Å². The predicted octanol–water partition coefficient (Wildman–Crippen LogP) is 2.13. The van der Waals surface area contributed by atoms with E-state index in [1.165, 1.54) is 18.1 Å². The highest BCUT2D eigenvalue weighted by Gasteiger charge is 2.30. The highest BCUT2D eigenvalue weighted by atomic mass is 28.3. The molecule has 1 aromatic heterocycles. The van der Waals surface area contributed by atoms with Gasteiger partial charge in [-0.3, -0.25) is 4.35 Å². The molecule has 0 saturated heterocycles. The second-order valence-electron chi connectivity index (χ2n) is 3.13. The average Bonchev–Trinajstić information content (AvgIpc) is 2.62. The van der Waals surface area contributed by atoms with Crippen LogP contribution in [-0.2, 0) is 0 Å². The summed E-state index contributed by atoms with van der Waals surface area (Å²) in [5.74, 6) is 0. The number of hydrogen-bond acceptors (Lipinski definition) is 2. The third-order valence-corrected chi connectivity index (χ3v) is 8.04. The molecule has 4 heteroatoms. The van der Waals surface area contributed by atoms with E-state index in [9.17, 15) is 0 Å². The van der Waals surface area contributed by atoms with E-state index < -0.39 is 8.24 Å². The molecule has 0 aromatic carbocycles. The summed E-state index contributed by atoms with van der Waals surface area (Å²) in [4.78, 5) is 0. The van der Waals surface area contributed by atoms with Gasteiger partial charge in [-0.05, 0) is 18.1 Å². The van der Waals surface area contributed by atoms with E-state index >= 15 is 0 Å². The molecule has 3 nitrogen and oxygen atoms in total. The van der Waals surface area contributed by atoms with Crippen molar-refractivity contribution < 1.29 is 0 Å². The minimum Gasteiger partial charge on any atom is -0.282 e. The molecule has 0 fully saturated rings. The Morgan fingerprint density at radius 1 is 1.17 bits per heavy atom. The van der Waals surface area contributed by atoms with Crippen LogP contribution in [0.4, 0.5) is 0 Å².